The summed E-state index contributed by atoms with van der Waals surface area (Å²) in [5.41, 5.74) is 3.71. The fraction of sp³-hybridized carbons (Fsp3) is 0.300. The second kappa shape index (κ2) is 6.58. The van der Waals surface area contributed by atoms with Crippen LogP contribution in [-0.4, -0.2) is 29.5 Å². The molecule has 1 aliphatic rings. The molecule has 0 aliphatic carbocycles. The van der Waals surface area contributed by atoms with Crippen LogP contribution in [0.15, 0.2) is 48.5 Å². The minimum absolute atomic E-state index is 0.136. The Morgan fingerprint density at radius 2 is 1.92 bits per heavy atom. The first-order valence-corrected chi connectivity index (χ1v) is 10.5. The van der Waals surface area contributed by atoms with Crippen LogP contribution in [0.1, 0.15) is 23.4 Å². The molecule has 0 spiro atoms. The van der Waals surface area contributed by atoms with Gasteiger partial charge in [-0.1, -0.05) is 24.3 Å². The molecule has 0 bridgehead atoms. The van der Waals surface area contributed by atoms with Crippen LogP contribution in [0.25, 0.3) is 11.0 Å². The molecule has 2 aromatic carbocycles. The first kappa shape index (κ1) is 16.8. The minimum Gasteiger partial charge on any atom is -0.323 e. The Hall–Kier alpha value is -2.65. The van der Waals surface area contributed by atoms with Crippen molar-refractivity contribution in [2.45, 2.75) is 19.4 Å². The second-order valence-electron chi connectivity index (χ2n) is 6.88. The van der Waals surface area contributed by atoms with Crippen LogP contribution < -0.4 is 0 Å². The third-order valence-electron chi connectivity index (χ3n) is 4.96. The van der Waals surface area contributed by atoms with Gasteiger partial charge >= 0.3 is 0 Å². The van der Waals surface area contributed by atoms with Gasteiger partial charge in [-0.2, -0.15) is 5.26 Å². The topological polar surface area (TPSA) is 75.8 Å². The van der Waals surface area contributed by atoms with E-state index < -0.39 is 9.84 Å². The quantitative estimate of drug-likeness (QED) is 0.712. The summed E-state index contributed by atoms with van der Waals surface area (Å²) in [6.45, 7) is 0.654. The van der Waals surface area contributed by atoms with E-state index >= 15 is 0 Å². The zero-order valence-corrected chi connectivity index (χ0v) is 15.1. The van der Waals surface area contributed by atoms with Gasteiger partial charge in [0.15, 0.2) is 9.84 Å². The van der Waals surface area contributed by atoms with E-state index in [4.69, 9.17) is 10.2 Å². The summed E-state index contributed by atoms with van der Waals surface area (Å²) in [7, 11) is -2.89. The molecule has 1 aromatic heterocycles. The molecule has 2 heterocycles. The van der Waals surface area contributed by atoms with Crippen LogP contribution in [0.4, 0.5) is 0 Å². The zero-order chi connectivity index (χ0) is 18.1. The molecular formula is C20H19N3O2S. The van der Waals surface area contributed by atoms with Crippen molar-refractivity contribution in [3.63, 3.8) is 0 Å². The number of rotatable bonds is 4. The molecule has 3 aromatic rings. The van der Waals surface area contributed by atoms with E-state index in [0.29, 0.717) is 24.9 Å². The Morgan fingerprint density at radius 1 is 1.15 bits per heavy atom. The van der Waals surface area contributed by atoms with Gasteiger partial charge in [-0.25, -0.2) is 13.4 Å². The molecule has 5 nitrogen and oxygen atoms in total. The van der Waals surface area contributed by atoms with Gasteiger partial charge in [0.2, 0.25) is 0 Å². The normalized spacial score (nSPS) is 18.8. The number of benzene rings is 2. The van der Waals surface area contributed by atoms with E-state index in [1.165, 1.54) is 0 Å². The van der Waals surface area contributed by atoms with E-state index in [0.717, 1.165) is 22.4 Å². The van der Waals surface area contributed by atoms with Crippen LogP contribution in [-0.2, 0) is 22.8 Å². The van der Waals surface area contributed by atoms with Crippen molar-refractivity contribution in [1.29, 1.82) is 5.26 Å². The molecule has 0 saturated carbocycles. The Kier molecular flexibility index (Phi) is 4.25. The van der Waals surface area contributed by atoms with Crippen molar-refractivity contribution in [3.05, 3.63) is 65.5 Å². The summed E-state index contributed by atoms with van der Waals surface area (Å²) in [5.74, 6) is 1.61. The number of imidazole rings is 1. The molecule has 1 fully saturated rings. The summed E-state index contributed by atoms with van der Waals surface area (Å²) in [6, 6.07) is 17.7. The number of fused-ring (bicyclic) bond motifs is 1. The molecule has 6 heteroatoms. The Morgan fingerprint density at radius 3 is 2.62 bits per heavy atom. The van der Waals surface area contributed by atoms with Crippen LogP contribution in [0.2, 0.25) is 0 Å². The highest BCUT2D eigenvalue weighted by atomic mass is 32.2. The van der Waals surface area contributed by atoms with Crippen molar-refractivity contribution in [3.8, 4) is 6.07 Å². The van der Waals surface area contributed by atoms with E-state index in [1.807, 2.05) is 48.5 Å². The van der Waals surface area contributed by atoms with Crippen LogP contribution in [0.3, 0.4) is 0 Å². The van der Waals surface area contributed by atoms with Crippen LogP contribution in [0.5, 0.6) is 0 Å². The third kappa shape index (κ3) is 3.35. The van der Waals surface area contributed by atoms with Gasteiger partial charge in [-0.05, 0) is 42.2 Å². The molecule has 1 aliphatic heterocycles. The number of nitriles is 1. The Bertz CT molecular complexity index is 1090. The summed E-state index contributed by atoms with van der Waals surface area (Å²) < 4.78 is 25.7. The van der Waals surface area contributed by atoms with Crippen molar-refractivity contribution in [2.24, 2.45) is 5.92 Å². The molecule has 0 unspecified atom stereocenters. The largest absolute Gasteiger partial charge is 0.323 e. The number of hydrogen-bond acceptors (Lipinski definition) is 4. The van der Waals surface area contributed by atoms with Gasteiger partial charge in [0.25, 0.3) is 0 Å². The first-order valence-electron chi connectivity index (χ1n) is 8.68. The molecule has 26 heavy (non-hydrogen) atoms. The lowest BCUT2D eigenvalue weighted by Crippen LogP contribution is -2.12. The van der Waals surface area contributed by atoms with E-state index in [1.54, 1.807) is 0 Å². The highest BCUT2D eigenvalue weighted by Crippen LogP contribution is 2.25. The molecular weight excluding hydrogens is 346 g/mol. The standard InChI is InChI=1S/C20H19N3O2S/c21-12-15-5-7-16(8-6-15)13-23-19-4-2-1-3-18(19)22-20(23)11-17-9-10-26(24,25)14-17/h1-8,17H,9-11,13-14H2/t17-/m0/s1. The summed E-state index contributed by atoms with van der Waals surface area (Å²) in [5, 5.41) is 8.96. The number of sulfone groups is 1. The monoisotopic (exact) mass is 365 g/mol. The van der Waals surface area contributed by atoms with Gasteiger partial charge in [-0.3, -0.25) is 0 Å². The molecule has 1 atom stereocenters. The number of para-hydroxylation sites is 2. The van der Waals surface area contributed by atoms with Gasteiger partial charge < -0.3 is 4.57 Å². The van der Waals surface area contributed by atoms with Crippen molar-refractivity contribution in [1.82, 2.24) is 9.55 Å². The third-order valence-corrected chi connectivity index (χ3v) is 6.79. The summed E-state index contributed by atoms with van der Waals surface area (Å²) in [6.07, 6.45) is 1.38. The lowest BCUT2D eigenvalue weighted by molar-refractivity contribution is 0.554. The van der Waals surface area contributed by atoms with E-state index in [9.17, 15) is 8.42 Å². The average Bonchev–Trinajstić information content (AvgIpc) is 3.15. The smallest absolute Gasteiger partial charge is 0.150 e. The first-order chi connectivity index (χ1) is 12.5. The highest BCUT2D eigenvalue weighted by molar-refractivity contribution is 7.91. The predicted molar refractivity (Wildman–Crippen MR) is 100 cm³/mol. The zero-order valence-electron chi connectivity index (χ0n) is 14.3. The van der Waals surface area contributed by atoms with Gasteiger partial charge in [0.1, 0.15) is 5.82 Å². The maximum Gasteiger partial charge on any atom is 0.150 e. The van der Waals surface area contributed by atoms with E-state index in [-0.39, 0.29) is 17.4 Å². The SMILES string of the molecule is N#Cc1ccc(Cn2c(C[C@@H]3CCS(=O)(=O)C3)nc3ccccc32)cc1. The van der Waals surface area contributed by atoms with Crippen LogP contribution in [0, 0.1) is 17.2 Å². The van der Waals surface area contributed by atoms with Gasteiger partial charge in [-0.15, -0.1) is 0 Å². The highest BCUT2D eigenvalue weighted by Gasteiger charge is 2.29. The fourth-order valence-corrected chi connectivity index (χ4v) is 5.48. The van der Waals surface area contributed by atoms with E-state index in [2.05, 4.69) is 10.6 Å². The lowest BCUT2D eigenvalue weighted by Gasteiger charge is -2.12. The number of aromatic nitrogens is 2. The van der Waals surface area contributed by atoms with Crippen LogP contribution >= 0.6 is 0 Å². The summed E-state index contributed by atoms with van der Waals surface area (Å²) in [4.78, 5) is 4.77. The number of hydrogen-bond donors (Lipinski definition) is 0. The molecule has 0 amide bonds. The predicted octanol–water partition coefficient (Wildman–Crippen LogP) is 2.93. The number of nitrogens with zero attached hydrogens (tertiary/aromatic N) is 3. The van der Waals surface area contributed by atoms with Crippen molar-refractivity contribution < 1.29 is 8.42 Å². The van der Waals surface area contributed by atoms with Crippen molar-refractivity contribution >= 4 is 20.9 Å². The Labute approximate surface area is 152 Å². The van der Waals surface area contributed by atoms with Crippen molar-refractivity contribution in [2.75, 3.05) is 11.5 Å². The second-order valence-corrected chi connectivity index (χ2v) is 9.11. The fourth-order valence-electron chi connectivity index (χ4n) is 3.62. The minimum atomic E-state index is -2.89. The maximum atomic E-state index is 11.8. The Balaban J connectivity index is 1.68. The molecule has 0 radical (unpaired) electrons. The van der Waals surface area contributed by atoms with Gasteiger partial charge in [0, 0.05) is 13.0 Å². The molecule has 0 N–H and O–H groups in total. The molecule has 4 rings (SSSR count). The maximum absolute atomic E-state index is 11.8. The molecule has 132 valence electrons. The summed E-state index contributed by atoms with van der Waals surface area (Å²) >= 11 is 0. The molecule has 1 saturated heterocycles. The van der Waals surface area contributed by atoms with Gasteiger partial charge in [0.05, 0.1) is 34.2 Å². The average molecular weight is 365 g/mol. The lowest BCUT2D eigenvalue weighted by atomic mass is 10.0.